The van der Waals surface area contributed by atoms with Gasteiger partial charge in [0.05, 0.1) is 24.2 Å². The van der Waals surface area contributed by atoms with Crippen LogP contribution in [-0.4, -0.2) is 24.3 Å². The zero-order valence-corrected chi connectivity index (χ0v) is 10.1. The van der Waals surface area contributed by atoms with Crippen LogP contribution in [0.1, 0.15) is 51.4 Å². The van der Waals surface area contributed by atoms with Gasteiger partial charge in [0.25, 0.3) is 0 Å². The maximum Gasteiger partial charge on any atom is 0.171 e. The Morgan fingerprint density at radius 1 is 1.35 bits per heavy atom. The zero-order chi connectivity index (χ0) is 12.1. The molecule has 4 nitrogen and oxygen atoms in total. The molecule has 0 unspecified atom stereocenters. The van der Waals surface area contributed by atoms with E-state index in [1.165, 1.54) is 19.3 Å². The molecule has 2 fully saturated rings. The maximum atomic E-state index is 10.6. The molecule has 0 radical (unpaired) electrons. The van der Waals surface area contributed by atoms with E-state index in [9.17, 15) is 4.79 Å². The molecule has 4 heteroatoms. The second-order valence-electron chi connectivity index (χ2n) is 5.02. The Bertz CT molecular complexity index is 304. The van der Waals surface area contributed by atoms with Gasteiger partial charge in [-0.1, -0.05) is 19.3 Å². The molecule has 0 aromatic rings. The maximum absolute atomic E-state index is 10.6. The lowest BCUT2D eigenvalue weighted by Gasteiger charge is -2.46. The van der Waals surface area contributed by atoms with Crippen molar-refractivity contribution in [2.75, 3.05) is 0 Å². The molecular formula is C13H19NO3. The Kier molecular flexibility index (Phi) is 4.14. The van der Waals surface area contributed by atoms with Gasteiger partial charge in [-0.2, -0.15) is 5.26 Å². The van der Waals surface area contributed by atoms with Crippen LogP contribution in [0.4, 0.5) is 0 Å². The first kappa shape index (κ1) is 12.5. The fourth-order valence-corrected chi connectivity index (χ4v) is 2.96. The minimum Gasteiger partial charge on any atom is -0.348 e. The fraction of sp³-hybridized carbons (Fsp3) is 0.846. The lowest BCUT2D eigenvalue weighted by Crippen LogP contribution is -2.48. The van der Waals surface area contributed by atoms with Gasteiger partial charge in [0.1, 0.15) is 6.29 Å². The summed E-state index contributed by atoms with van der Waals surface area (Å²) in [6.07, 6.45) is 7.51. The molecule has 0 amide bonds. The molecule has 2 atom stereocenters. The summed E-state index contributed by atoms with van der Waals surface area (Å²) in [6, 6.07) is 2.08. The number of hydrogen-bond donors (Lipinski definition) is 0. The molecule has 0 aromatic heterocycles. The van der Waals surface area contributed by atoms with Crippen LogP contribution in [0.25, 0.3) is 0 Å². The summed E-state index contributed by atoms with van der Waals surface area (Å²) in [7, 11) is 0. The van der Waals surface area contributed by atoms with Crippen LogP contribution in [0.15, 0.2) is 0 Å². The van der Waals surface area contributed by atoms with E-state index in [0.29, 0.717) is 6.42 Å². The highest BCUT2D eigenvalue weighted by Crippen LogP contribution is 2.41. The van der Waals surface area contributed by atoms with Gasteiger partial charge in [-0.05, 0) is 12.8 Å². The number of carbonyl (C=O) groups excluding carboxylic acids is 1. The monoisotopic (exact) mass is 237 g/mol. The largest absolute Gasteiger partial charge is 0.348 e. The van der Waals surface area contributed by atoms with E-state index in [1.54, 1.807) is 0 Å². The minimum atomic E-state index is -0.447. The number of carbonyl (C=O) groups is 1. The van der Waals surface area contributed by atoms with Crippen molar-refractivity contribution in [3.05, 3.63) is 0 Å². The topological polar surface area (TPSA) is 59.3 Å². The van der Waals surface area contributed by atoms with Crippen molar-refractivity contribution < 1.29 is 14.3 Å². The van der Waals surface area contributed by atoms with Gasteiger partial charge in [0, 0.05) is 12.8 Å². The van der Waals surface area contributed by atoms with Gasteiger partial charge in [-0.25, -0.2) is 0 Å². The average Bonchev–Trinajstić information content (AvgIpc) is 2.30. The molecule has 0 aromatic carbocycles. The van der Waals surface area contributed by atoms with Crippen molar-refractivity contribution in [1.29, 1.82) is 5.26 Å². The van der Waals surface area contributed by atoms with Crippen molar-refractivity contribution in [2.45, 2.75) is 69.4 Å². The fourth-order valence-electron chi connectivity index (χ4n) is 2.96. The summed E-state index contributed by atoms with van der Waals surface area (Å²) in [6.45, 7) is 0. The number of ether oxygens (including phenoxy) is 2. The summed E-state index contributed by atoms with van der Waals surface area (Å²) in [4.78, 5) is 10.6. The first-order valence-electron chi connectivity index (χ1n) is 6.42. The quantitative estimate of drug-likeness (QED) is 0.707. The van der Waals surface area contributed by atoms with Crippen molar-refractivity contribution in [2.24, 2.45) is 0 Å². The molecule has 2 rings (SSSR count). The first-order valence-corrected chi connectivity index (χ1v) is 6.42. The zero-order valence-electron chi connectivity index (χ0n) is 10.1. The number of aldehydes is 1. The standard InChI is InChI=1S/C13H19NO3/c14-8-4-12-16-11(5-9-15)10-13(17-12)6-2-1-3-7-13/h9,11-12H,1-7,10H2/t11-,12-/m0/s1. The predicted octanol–water partition coefficient (Wildman–Crippen LogP) is 2.32. The number of rotatable bonds is 3. The third-order valence-corrected chi connectivity index (χ3v) is 3.71. The smallest absolute Gasteiger partial charge is 0.171 e. The Hall–Kier alpha value is -0.920. The molecule has 1 saturated heterocycles. The van der Waals surface area contributed by atoms with Crippen molar-refractivity contribution in [3.8, 4) is 6.07 Å². The van der Waals surface area contributed by atoms with Gasteiger partial charge in [0.15, 0.2) is 6.29 Å². The van der Waals surface area contributed by atoms with Crippen molar-refractivity contribution in [3.63, 3.8) is 0 Å². The Labute approximate surface area is 102 Å². The van der Waals surface area contributed by atoms with E-state index >= 15 is 0 Å². The van der Waals surface area contributed by atoms with Crippen molar-refractivity contribution in [1.82, 2.24) is 0 Å². The predicted molar refractivity (Wildman–Crippen MR) is 61.1 cm³/mol. The van der Waals surface area contributed by atoms with Gasteiger partial charge < -0.3 is 14.3 Å². The SMILES string of the molecule is N#CC[C@H]1O[C@@H](CC=O)CC2(CCCCC2)O1. The number of nitriles is 1. The summed E-state index contributed by atoms with van der Waals surface area (Å²) >= 11 is 0. The second kappa shape index (κ2) is 5.61. The summed E-state index contributed by atoms with van der Waals surface area (Å²) < 4.78 is 11.6. The van der Waals surface area contributed by atoms with Gasteiger partial charge in [-0.3, -0.25) is 0 Å². The van der Waals surface area contributed by atoms with Gasteiger partial charge in [-0.15, -0.1) is 0 Å². The lowest BCUT2D eigenvalue weighted by molar-refractivity contribution is -0.286. The third-order valence-electron chi connectivity index (χ3n) is 3.71. The molecular weight excluding hydrogens is 218 g/mol. The summed E-state index contributed by atoms with van der Waals surface area (Å²) in [5, 5.41) is 8.74. The Morgan fingerprint density at radius 2 is 2.12 bits per heavy atom. The Morgan fingerprint density at radius 3 is 2.76 bits per heavy atom. The first-order chi connectivity index (χ1) is 8.28. The molecule has 1 spiro atoms. The lowest BCUT2D eigenvalue weighted by atomic mass is 9.79. The highest BCUT2D eigenvalue weighted by atomic mass is 16.7. The average molecular weight is 237 g/mol. The third kappa shape index (κ3) is 3.05. The van der Waals surface area contributed by atoms with Gasteiger partial charge in [0.2, 0.25) is 0 Å². The van der Waals surface area contributed by atoms with E-state index in [4.69, 9.17) is 14.7 Å². The second-order valence-corrected chi connectivity index (χ2v) is 5.02. The Balaban J connectivity index is 2.04. The molecule has 1 heterocycles. The molecule has 17 heavy (non-hydrogen) atoms. The van der Waals surface area contributed by atoms with E-state index < -0.39 is 6.29 Å². The molecule has 0 bridgehead atoms. The normalized spacial score (nSPS) is 31.9. The molecule has 1 saturated carbocycles. The van der Waals surface area contributed by atoms with Crippen LogP contribution >= 0.6 is 0 Å². The van der Waals surface area contributed by atoms with Crippen LogP contribution < -0.4 is 0 Å². The summed E-state index contributed by atoms with van der Waals surface area (Å²) in [5.74, 6) is 0. The van der Waals surface area contributed by atoms with Crippen LogP contribution in [0.2, 0.25) is 0 Å². The van der Waals surface area contributed by atoms with E-state index in [-0.39, 0.29) is 18.1 Å². The number of hydrogen-bond acceptors (Lipinski definition) is 4. The van der Waals surface area contributed by atoms with Crippen LogP contribution in [0.3, 0.4) is 0 Å². The van der Waals surface area contributed by atoms with Crippen molar-refractivity contribution >= 4 is 6.29 Å². The van der Waals surface area contributed by atoms with E-state index in [2.05, 4.69) is 6.07 Å². The highest BCUT2D eigenvalue weighted by Gasteiger charge is 2.42. The molecule has 94 valence electrons. The van der Waals surface area contributed by atoms with Crippen LogP contribution in [0.5, 0.6) is 0 Å². The molecule has 0 N–H and O–H groups in total. The van der Waals surface area contributed by atoms with Crippen LogP contribution in [-0.2, 0) is 14.3 Å². The molecule has 2 aliphatic rings. The molecule has 1 aliphatic carbocycles. The highest BCUT2D eigenvalue weighted by molar-refractivity contribution is 5.50. The molecule has 1 aliphatic heterocycles. The van der Waals surface area contributed by atoms with E-state index in [0.717, 1.165) is 25.5 Å². The van der Waals surface area contributed by atoms with Crippen LogP contribution in [0, 0.1) is 11.3 Å². The summed E-state index contributed by atoms with van der Waals surface area (Å²) in [5.41, 5.74) is -0.133. The van der Waals surface area contributed by atoms with E-state index in [1.807, 2.05) is 0 Å². The number of nitrogens with zero attached hydrogens (tertiary/aromatic N) is 1. The van der Waals surface area contributed by atoms with Gasteiger partial charge >= 0.3 is 0 Å². The minimum absolute atomic E-state index is 0.0716.